The molecule has 3 rings (SSSR count). The fourth-order valence-corrected chi connectivity index (χ4v) is 2.96. The number of esters is 1. The van der Waals surface area contributed by atoms with Gasteiger partial charge in [-0.2, -0.15) is 0 Å². The average molecular weight is 365 g/mol. The molecule has 0 bridgehead atoms. The number of carbonyl (C=O) groups excluding carboxylic acids is 3. The highest BCUT2D eigenvalue weighted by Gasteiger charge is 2.19. The van der Waals surface area contributed by atoms with Crippen LogP contribution in [0.25, 0.3) is 0 Å². The number of benzene rings is 2. The fraction of sp³-hybridized carbons (Fsp3) is 0.318. The molecule has 0 aromatic heterocycles. The Balaban J connectivity index is 1.62. The summed E-state index contributed by atoms with van der Waals surface area (Å²) in [6.07, 6.45) is 0.982. The standard InChI is InChI=1S/C22H23NO4/c1-22(2,3)17-8-4-14(5-9-17)19(24)13-27-21(26)16-6-10-18-15(12-16)7-11-20(25)23-18/h4-6,8-10,12H,7,11,13H2,1-3H3,(H,23,25). The minimum Gasteiger partial charge on any atom is -0.454 e. The molecule has 1 aliphatic rings. The molecule has 1 amide bonds. The number of nitrogens with one attached hydrogen (secondary N) is 1. The summed E-state index contributed by atoms with van der Waals surface area (Å²) in [7, 11) is 0. The van der Waals surface area contributed by atoms with E-state index in [0.29, 0.717) is 24.0 Å². The van der Waals surface area contributed by atoms with Gasteiger partial charge < -0.3 is 10.1 Å². The van der Waals surface area contributed by atoms with Crippen LogP contribution in [0.5, 0.6) is 0 Å². The second kappa shape index (κ2) is 7.35. The van der Waals surface area contributed by atoms with Crippen LogP contribution in [0, 0.1) is 0 Å². The minimum atomic E-state index is -0.547. The monoisotopic (exact) mass is 365 g/mol. The Hall–Kier alpha value is -2.95. The number of hydrogen-bond acceptors (Lipinski definition) is 4. The van der Waals surface area contributed by atoms with Crippen molar-refractivity contribution in [1.82, 2.24) is 0 Å². The lowest BCUT2D eigenvalue weighted by atomic mass is 9.86. The maximum absolute atomic E-state index is 12.3. The van der Waals surface area contributed by atoms with E-state index < -0.39 is 5.97 Å². The quantitative estimate of drug-likeness (QED) is 0.659. The number of Topliss-reactive ketones (excluding diaryl/α,β-unsaturated/α-hetero) is 1. The first kappa shape index (κ1) is 18.8. The summed E-state index contributed by atoms with van der Waals surface area (Å²) in [6, 6.07) is 12.4. The largest absolute Gasteiger partial charge is 0.454 e. The molecule has 1 heterocycles. The van der Waals surface area contributed by atoms with Crippen LogP contribution in [0.4, 0.5) is 5.69 Å². The van der Waals surface area contributed by atoms with Gasteiger partial charge in [-0.15, -0.1) is 0 Å². The third-order valence-corrected chi connectivity index (χ3v) is 4.64. The van der Waals surface area contributed by atoms with Gasteiger partial charge in [-0.1, -0.05) is 45.0 Å². The highest BCUT2D eigenvalue weighted by atomic mass is 16.5. The van der Waals surface area contributed by atoms with E-state index in [-0.39, 0.29) is 23.7 Å². The van der Waals surface area contributed by atoms with E-state index in [1.807, 2.05) is 12.1 Å². The summed E-state index contributed by atoms with van der Waals surface area (Å²) in [5.41, 5.74) is 3.66. The van der Waals surface area contributed by atoms with E-state index in [2.05, 4.69) is 26.1 Å². The third kappa shape index (κ3) is 4.42. The molecular weight excluding hydrogens is 342 g/mol. The van der Waals surface area contributed by atoms with Crippen LogP contribution < -0.4 is 5.32 Å². The van der Waals surface area contributed by atoms with Crippen LogP contribution in [0.3, 0.4) is 0 Å². The summed E-state index contributed by atoms with van der Waals surface area (Å²) in [6.45, 7) is 6.02. The van der Waals surface area contributed by atoms with Crippen molar-refractivity contribution < 1.29 is 19.1 Å². The molecule has 1 N–H and O–H groups in total. The lowest BCUT2D eigenvalue weighted by Gasteiger charge is -2.19. The Morgan fingerprint density at radius 1 is 1.00 bits per heavy atom. The van der Waals surface area contributed by atoms with Gasteiger partial charge in [0.05, 0.1) is 5.56 Å². The highest BCUT2D eigenvalue weighted by Crippen LogP contribution is 2.24. The number of fused-ring (bicyclic) bond motifs is 1. The maximum atomic E-state index is 12.3. The minimum absolute atomic E-state index is 0.0139. The normalized spacial score (nSPS) is 13.5. The van der Waals surface area contributed by atoms with Gasteiger partial charge in [-0.05, 0) is 41.2 Å². The van der Waals surface area contributed by atoms with Gasteiger partial charge in [-0.25, -0.2) is 4.79 Å². The number of aryl methyl sites for hydroxylation is 1. The predicted octanol–water partition coefficient (Wildman–Crippen LogP) is 3.91. The van der Waals surface area contributed by atoms with Crippen molar-refractivity contribution in [3.05, 3.63) is 64.7 Å². The van der Waals surface area contributed by atoms with Crippen LogP contribution in [0.15, 0.2) is 42.5 Å². The molecule has 0 saturated carbocycles. The molecule has 0 fully saturated rings. The molecular formula is C22H23NO4. The number of hydrogen-bond donors (Lipinski definition) is 1. The van der Waals surface area contributed by atoms with Crippen molar-refractivity contribution in [1.29, 1.82) is 0 Å². The second-order valence-corrected chi connectivity index (χ2v) is 7.75. The maximum Gasteiger partial charge on any atom is 0.338 e. The molecule has 1 aliphatic heterocycles. The predicted molar refractivity (Wildman–Crippen MR) is 103 cm³/mol. The SMILES string of the molecule is CC(C)(C)c1ccc(C(=O)COC(=O)c2ccc3c(c2)CCC(=O)N3)cc1. The van der Waals surface area contributed by atoms with Gasteiger partial charge in [0.25, 0.3) is 0 Å². The summed E-state index contributed by atoms with van der Waals surface area (Å²) in [5, 5.41) is 2.77. The molecule has 0 unspecified atom stereocenters. The molecule has 0 aliphatic carbocycles. The third-order valence-electron chi connectivity index (χ3n) is 4.64. The van der Waals surface area contributed by atoms with Gasteiger partial charge in [0, 0.05) is 17.7 Å². The molecule has 0 radical (unpaired) electrons. The van der Waals surface area contributed by atoms with Crippen molar-refractivity contribution in [2.45, 2.75) is 39.0 Å². The van der Waals surface area contributed by atoms with Crippen molar-refractivity contribution in [2.24, 2.45) is 0 Å². The number of ketones is 1. The Morgan fingerprint density at radius 3 is 2.33 bits per heavy atom. The van der Waals surface area contributed by atoms with E-state index in [1.54, 1.807) is 30.3 Å². The van der Waals surface area contributed by atoms with Gasteiger partial charge in [0.1, 0.15) is 0 Å². The topological polar surface area (TPSA) is 72.5 Å². The second-order valence-electron chi connectivity index (χ2n) is 7.75. The number of carbonyl (C=O) groups is 3. The van der Waals surface area contributed by atoms with E-state index >= 15 is 0 Å². The molecule has 27 heavy (non-hydrogen) atoms. The lowest BCUT2D eigenvalue weighted by Crippen LogP contribution is -2.20. The smallest absolute Gasteiger partial charge is 0.338 e. The Bertz CT molecular complexity index is 892. The van der Waals surface area contributed by atoms with Crippen LogP contribution in [0.1, 0.15) is 59.0 Å². The van der Waals surface area contributed by atoms with E-state index in [0.717, 1.165) is 16.8 Å². The Morgan fingerprint density at radius 2 is 1.67 bits per heavy atom. The molecule has 5 nitrogen and oxygen atoms in total. The fourth-order valence-electron chi connectivity index (χ4n) is 2.96. The lowest BCUT2D eigenvalue weighted by molar-refractivity contribution is -0.116. The average Bonchev–Trinajstić information content (AvgIpc) is 2.64. The van der Waals surface area contributed by atoms with E-state index in [4.69, 9.17) is 4.74 Å². The van der Waals surface area contributed by atoms with Gasteiger partial charge in [0.2, 0.25) is 5.91 Å². The number of amides is 1. The zero-order valence-electron chi connectivity index (χ0n) is 15.8. The summed E-state index contributed by atoms with van der Waals surface area (Å²) in [4.78, 5) is 35.9. The van der Waals surface area contributed by atoms with Crippen molar-refractivity contribution >= 4 is 23.3 Å². The van der Waals surface area contributed by atoms with Crippen molar-refractivity contribution in [2.75, 3.05) is 11.9 Å². The zero-order chi connectivity index (χ0) is 19.6. The first-order chi connectivity index (χ1) is 12.7. The molecule has 0 atom stereocenters. The van der Waals surface area contributed by atoms with Gasteiger partial charge in [0.15, 0.2) is 12.4 Å². The molecule has 2 aromatic carbocycles. The first-order valence-corrected chi connectivity index (χ1v) is 8.98. The summed E-state index contributed by atoms with van der Waals surface area (Å²) >= 11 is 0. The van der Waals surface area contributed by atoms with Crippen LogP contribution in [0.2, 0.25) is 0 Å². The Labute approximate surface area is 158 Å². The molecule has 0 saturated heterocycles. The van der Waals surface area contributed by atoms with Crippen molar-refractivity contribution in [3.63, 3.8) is 0 Å². The summed E-state index contributed by atoms with van der Waals surface area (Å²) < 4.78 is 5.18. The number of rotatable bonds is 4. The molecule has 0 spiro atoms. The zero-order valence-corrected chi connectivity index (χ0v) is 15.8. The van der Waals surface area contributed by atoms with E-state index in [1.165, 1.54) is 0 Å². The van der Waals surface area contributed by atoms with Crippen molar-refractivity contribution in [3.8, 4) is 0 Å². The van der Waals surface area contributed by atoms with Gasteiger partial charge in [-0.3, -0.25) is 9.59 Å². The molecule has 140 valence electrons. The first-order valence-electron chi connectivity index (χ1n) is 8.98. The van der Waals surface area contributed by atoms with Crippen LogP contribution in [-0.4, -0.2) is 24.3 Å². The van der Waals surface area contributed by atoms with Crippen LogP contribution in [-0.2, 0) is 21.4 Å². The molecule has 2 aromatic rings. The number of ether oxygens (including phenoxy) is 1. The van der Waals surface area contributed by atoms with Crippen LogP contribution >= 0.6 is 0 Å². The van der Waals surface area contributed by atoms with E-state index in [9.17, 15) is 14.4 Å². The molecule has 5 heteroatoms. The van der Waals surface area contributed by atoms with Gasteiger partial charge >= 0.3 is 5.97 Å². The summed E-state index contributed by atoms with van der Waals surface area (Å²) in [5.74, 6) is -0.815. The Kier molecular flexibility index (Phi) is 5.13. The highest BCUT2D eigenvalue weighted by molar-refractivity contribution is 6.00. The number of anilines is 1.